The fraction of sp³-hybridized carbons (Fsp3) is 0.235. The van der Waals surface area contributed by atoms with Gasteiger partial charge in [0.15, 0.2) is 0 Å². The van der Waals surface area contributed by atoms with Crippen LogP contribution in [0, 0.1) is 0 Å². The van der Waals surface area contributed by atoms with Gasteiger partial charge in [-0.2, -0.15) is 0 Å². The van der Waals surface area contributed by atoms with Crippen LogP contribution >= 0.6 is 0 Å². The zero-order valence-corrected chi connectivity index (χ0v) is 11.5. The van der Waals surface area contributed by atoms with Crippen molar-refractivity contribution in [3.8, 4) is 5.75 Å². The highest BCUT2D eigenvalue weighted by molar-refractivity contribution is 5.64. The van der Waals surface area contributed by atoms with Crippen LogP contribution in [0.1, 0.15) is 18.1 Å². The molecule has 0 bridgehead atoms. The summed E-state index contributed by atoms with van der Waals surface area (Å²) in [5.41, 5.74) is 2.13. The van der Waals surface area contributed by atoms with E-state index in [1.54, 1.807) is 6.07 Å². The Morgan fingerprint density at radius 3 is 2.45 bits per heavy atom. The van der Waals surface area contributed by atoms with Gasteiger partial charge in [0, 0.05) is 6.42 Å². The average Bonchev–Trinajstić information content (AvgIpc) is 2.49. The lowest BCUT2D eigenvalue weighted by atomic mass is 10.1. The number of carbonyl (C=O) groups excluding carboxylic acids is 1. The number of para-hydroxylation sites is 1. The number of aryl methyl sites for hydroxylation is 1. The molecule has 0 amide bonds. The van der Waals surface area contributed by atoms with Crippen molar-refractivity contribution in [2.45, 2.75) is 19.8 Å². The van der Waals surface area contributed by atoms with Crippen molar-refractivity contribution in [3.63, 3.8) is 0 Å². The smallest absolute Gasteiger partial charge is 0.434 e. The van der Waals surface area contributed by atoms with E-state index in [0.29, 0.717) is 18.8 Å². The number of ether oxygens (including phenoxy) is 2. The van der Waals surface area contributed by atoms with Crippen molar-refractivity contribution >= 4 is 6.16 Å². The molecule has 0 radical (unpaired) electrons. The van der Waals surface area contributed by atoms with E-state index in [2.05, 4.69) is 0 Å². The molecule has 0 heterocycles. The molecule has 0 aliphatic carbocycles. The van der Waals surface area contributed by atoms with Gasteiger partial charge in [0.25, 0.3) is 0 Å². The van der Waals surface area contributed by atoms with E-state index in [4.69, 9.17) is 9.47 Å². The second kappa shape index (κ2) is 7.34. The maximum atomic E-state index is 11.6. The van der Waals surface area contributed by atoms with Crippen LogP contribution in [0.3, 0.4) is 0 Å². The SMILES string of the molecule is CCc1ccccc1OC(=O)OCCc1ccccc1. The lowest BCUT2D eigenvalue weighted by Gasteiger charge is -2.09. The largest absolute Gasteiger partial charge is 0.513 e. The minimum Gasteiger partial charge on any atom is -0.434 e. The first-order chi connectivity index (χ1) is 9.79. The van der Waals surface area contributed by atoms with Crippen LogP contribution in [-0.2, 0) is 17.6 Å². The van der Waals surface area contributed by atoms with Crippen molar-refractivity contribution in [2.24, 2.45) is 0 Å². The molecule has 0 atom stereocenters. The summed E-state index contributed by atoms with van der Waals surface area (Å²) in [7, 11) is 0. The third-order valence-corrected chi connectivity index (χ3v) is 3.00. The number of hydrogen-bond donors (Lipinski definition) is 0. The van der Waals surface area contributed by atoms with E-state index in [1.807, 2.05) is 55.5 Å². The summed E-state index contributed by atoms with van der Waals surface area (Å²) >= 11 is 0. The molecule has 0 unspecified atom stereocenters. The minimum atomic E-state index is -0.651. The normalized spacial score (nSPS) is 10.1. The van der Waals surface area contributed by atoms with Gasteiger partial charge in [0.05, 0.1) is 6.61 Å². The molecule has 0 spiro atoms. The van der Waals surface area contributed by atoms with Gasteiger partial charge in [-0.05, 0) is 23.6 Å². The predicted octanol–water partition coefficient (Wildman–Crippen LogP) is 4.01. The van der Waals surface area contributed by atoms with E-state index < -0.39 is 6.16 Å². The molecular formula is C17H18O3. The highest BCUT2D eigenvalue weighted by Crippen LogP contribution is 2.18. The summed E-state index contributed by atoms with van der Waals surface area (Å²) in [5.74, 6) is 0.569. The van der Waals surface area contributed by atoms with Crippen LogP contribution in [0.4, 0.5) is 4.79 Å². The second-order valence-electron chi connectivity index (χ2n) is 4.40. The van der Waals surface area contributed by atoms with Crippen LogP contribution in [0.5, 0.6) is 5.75 Å². The first-order valence-corrected chi connectivity index (χ1v) is 6.76. The molecule has 104 valence electrons. The molecule has 0 N–H and O–H groups in total. The highest BCUT2D eigenvalue weighted by atomic mass is 16.7. The Hall–Kier alpha value is -2.29. The number of rotatable bonds is 5. The zero-order valence-electron chi connectivity index (χ0n) is 11.5. The Labute approximate surface area is 119 Å². The number of carbonyl (C=O) groups is 1. The third-order valence-electron chi connectivity index (χ3n) is 3.00. The second-order valence-corrected chi connectivity index (χ2v) is 4.40. The fourth-order valence-corrected chi connectivity index (χ4v) is 1.91. The maximum absolute atomic E-state index is 11.6. The molecule has 2 rings (SSSR count). The lowest BCUT2D eigenvalue weighted by molar-refractivity contribution is 0.0998. The molecule has 3 nitrogen and oxygen atoms in total. The molecule has 3 heteroatoms. The maximum Gasteiger partial charge on any atom is 0.513 e. The molecule has 0 aliphatic rings. The summed E-state index contributed by atoms with van der Waals surface area (Å²) < 4.78 is 10.3. The van der Waals surface area contributed by atoms with Crippen LogP contribution in [-0.4, -0.2) is 12.8 Å². The summed E-state index contributed by atoms with van der Waals surface area (Å²) in [6, 6.07) is 17.4. The summed E-state index contributed by atoms with van der Waals surface area (Å²) in [4.78, 5) is 11.6. The molecule has 2 aromatic rings. The van der Waals surface area contributed by atoms with Crippen molar-refractivity contribution in [1.82, 2.24) is 0 Å². The molecule has 0 fully saturated rings. The first-order valence-electron chi connectivity index (χ1n) is 6.76. The van der Waals surface area contributed by atoms with E-state index in [0.717, 1.165) is 17.5 Å². The minimum absolute atomic E-state index is 0.317. The predicted molar refractivity (Wildman–Crippen MR) is 77.9 cm³/mol. The van der Waals surface area contributed by atoms with Crippen LogP contribution < -0.4 is 4.74 Å². The molecule has 0 aromatic heterocycles. The van der Waals surface area contributed by atoms with Crippen molar-refractivity contribution in [1.29, 1.82) is 0 Å². The molecule has 0 saturated carbocycles. The summed E-state index contributed by atoms with van der Waals surface area (Å²) in [6.45, 7) is 2.33. The Morgan fingerprint density at radius 1 is 1.00 bits per heavy atom. The van der Waals surface area contributed by atoms with Crippen LogP contribution in [0.2, 0.25) is 0 Å². The third kappa shape index (κ3) is 4.12. The first kappa shape index (κ1) is 14.1. The summed E-state index contributed by atoms with van der Waals surface area (Å²) in [5, 5.41) is 0. The molecule has 0 aliphatic heterocycles. The summed E-state index contributed by atoms with van der Waals surface area (Å²) in [6.07, 6.45) is 0.848. The number of benzene rings is 2. The molecule has 20 heavy (non-hydrogen) atoms. The van der Waals surface area contributed by atoms with Gasteiger partial charge < -0.3 is 9.47 Å². The Bertz CT molecular complexity index is 549. The zero-order chi connectivity index (χ0) is 14.2. The highest BCUT2D eigenvalue weighted by Gasteiger charge is 2.08. The van der Waals surface area contributed by atoms with Gasteiger partial charge in [0.2, 0.25) is 0 Å². The molecular weight excluding hydrogens is 252 g/mol. The Kier molecular flexibility index (Phi) is 5.18. The van der Waals surface area contributed by atoms with Crippen molar-refractivity contribution in [3.05, 3.63) is 65.7 Å². The lowest BCUT2D eigenvalue weighted by Crippen LogP contribution is -2.13. The van der Waals surface area contributed by atoms with Gasteiger partial charge in [-0.25, -0.2) is 4.79 Å². The topological polar surface area (TPSA) is 35.5 Å². The van der Waals surface area contributed by atoms with E-state index in [9.17, 15) is 4.79 Å². The van der Waals surface area contributed by atoms with Crippen LogP contribution in [0.25, 0.3) is 0 Å². The van der Waals surface area contributed by atoms with E-state index in [-0.39, 0.29) is 0 Å². The van der Waals surface area contributed by atoms with Crippen molar-refractivity contribution in [2.75, 3.05) is 6.61 Å². The van der Waals surface area contributed by atoms with E-state index >= 15 is 0 Å². The molecule has 2 aromatic carbocycles. The van der Waals surface area contributed by atoms with Gasteiger partial charge in [-0.1, -0.05) is 55.5 Å². The Morgan fingerprint density at radius 2 is 1.70 bits per heavy atom. The van der Waals surface area contributed by atoms with Crippen molar-refractivity contribution < 1.29 is 14.3 Å². The van der Waals surface area contributed by atoms with Gasteiger partial charge in [-0.3, -0.25) is 0 Å². The number of hydrogen-bond acceptors (Lipinski definition) is 3. The fourth-order valence-electron chi connectivity index (χ4n) is 1.91. The van der Waals surface area contributed by atoms with Crippen LogP contribution in [0.15, 0.2) is 54.6 Å². The average molecular weight is 270 g/mol. The quantitative estimate of drug-likeness (QED) is 0.608. The van der Waals surface area contributed by atoms with Gasteiger partial charge in [0.1, 0.15) is 5.75 Å². The standard InChI is InChI=1S/C17H18O3/c1-2-15-10-6-7-11-16(15)20-17(18)19-13-12-14-8-4-3-5-9-14/h3-11H,2,12-13H2,1H3. The monoisotopic (exact) mass is 270 g/mol. The molecule has 0 saturated heterocycles. The van der Waals surface area contributed by atoms with Gasteiger partial charge in [-0.15, -0.1) is 0 Å². The van der Waals surface area contributed by atoms with E-state index in [1.165, 1.54) is 0 Å². The Balaban J connectivity index is 1.81. The van der Waals surface area contributed by atoms with Gasteiger partial charge >= 0.3 is 6.16 Å².